The number of hydrogen-bond donors (Lipinski definition) is 3. The van der Waals surface area contributed by atoms with Gasteiger partial charge in [-0.25, -0.2) is 4.79 Å². The summed E-state index contributed by atoms with van der Waals surface area (Å²) in [6.07, 6.45) is 8.91. The van der Waals surface area contributed by atoms with Gasteiger partial charge in [0.1, 0.15) is 0 Å². The second kappa shape index (κ2) is 9.12. The van der Waals surface area contributed by atoms with Crippen molar-refractivity contribution in [2.24, 2.45) is 5.92 Å². The van der Waals surface area contributed by atoms with Crippen LogP contribution in [0.1, 0.15) is 49.4 Å². The van der Waals surface area contributed by atoms with Crippen LogP contribution in [0.4, 0.5) is 4.79 Å². The number of rotatable bonds is 6. The Labute approximate surface area is 137 Å². The molecule has 126 valence electrons. The van der Waals surface area contributed by atoms with E-state index in [1.807, 2.05) is 0 Å². The topological polar surface area (TPSA) is 83.1 Å². The second-order valence-corrected chi connectivity index (χ2v) is 6.04. The van der Waals surface area contributed by atoms with Gasteiger partial charge >= 0.3 is 6.03 Å². The molecule has 0 aliphatic heterocycles. The predicted octanol–water partition coefficient (Wildman–Crippen LogP) is 2.08. The zero-order valence-electron chi connectivity index (χ0n) is 13.7. The normalized spacial score (nSPS) is 20.6. The van der Waals surface area contributed by atoms with Crippen molar-refractivity contribution in [2.75, 3.05) is 13.1 Å². The van der Waals surface area contributed by atoms with Crippen LogP contribution in [0, 0.1) is 5.92 Å². The summed E-state index contributed by atoms with van der Waals surface area (Å²) in [4.78, 5) is 27.6. The number of aromatic nitrogens is 1. The zero-order chi connectivity index (χ0) is 16.5. The van der Waals surface area contributed by atoms with Gasteiger partial charge in [-0.05, 0) is 30.9 Å². The van der Waals surface area contributed by atoms with E-state index in [0.29, 0.717) is 18.7 Å². The van der Waals surface area contributed by atoms with Gasteiger partial charge in [0.05, 0.1) is 5.56 Å². The molecule has 1 fully saturated rings. The molecule has 0 spiro atoms. The lowest BCUT2D eigenvalue weighted by Crippen LogP contribution is -2.46. The van der Waals surface area contributed by atoms with E-state index in [9.17, 15) is 9.59 Å². The van der Waals surface area contributed by atoms with Gasteiger partial charge in [0.2, 0.25) is 0 Å². The molecule has 0 aromatic carbocycles. The lowest BCUT2D eigenvalue weighted by atomic mass is 9.84. The average Bonchev–Trinajstić information content (AvgIpc) is 2.59. The molecule has 0 saturated heterocycles. The number of amides is 3. The number of carbonyl (C=O) groups is 2. The van der Waals surface area contributed by atoms with E-state index >= 15 is 0 Å². The Kier molecular flexibility index (Phi) is 6.84. The largest absolute Gasteiger partial charge is 0.350 e. The van der Waals surface area contributed by atoms with Gasteiger partial charge < -0.3 is 16.0 Å². The molecule has 0 bridgehead atoms. The molecule has 1 saturated carbocycles. The molecule has 1 aromatic heterocycles. The summed E-state index contributed by atoms with van der Waals surface area (Å²) in [5.74, 6) is 0.547. The first-order valence-electron chi connectivity index (χ1n) is 8.41. The summed E-state index contributed by atoms with van der Waals surface area (Å²) in [5.41, 5.74) is 0.518. The second-order valence-electron chi connectivity index (χ2n) is 6.04. The number of carbonyl (C=O) groups excluding carboxylic acids is 2. The number of nitrogens with zero attached hydrogens (tertiary/aromatic N) is 1. The first-order chi connectivity index (χ1) is 11.2. The minimum atomic E-state index is -0.182. The van der Waals surface area contributed by atoms with Crippen LogP contribution in [-0.2, 0) is 0 Å². The minimum Gasteiger partial charge on any atom is -0.350 e. The monoisotopic (exact) mass is 318 g/mol. The Morgan fingerprint density at radius 2 is 2.09 bits per heavy atom. The van der Waals surface area contributed by atoms with Gasteiger partial charge in [-0.3, -0.25) is 9.78 Å². The van der Waals surface area contributed by atoms with Crippen LogP contribution in [0.3, 0.4) is 0 Å². The van der Waals surface area contributed by atoms with Crippen molar-refractivity contribution in [1.82, 2.24) is 20.9 Å². The standard InChI is InChI=1S/C17H26N4O2/c1-2-13-5-3-7-15(11-13)21-17(23)20-10-9-19-16(22)14-6-4-8-18-12-14/h4,6,8,12-13,15H,2-3,5,7,9-11H2,1H3,(H,19,22)(H2,20,21,23)/t13-,15+/m1/s1. The molecule has 2 rings (SSSR count). The maximum Gasteiger partial charge on any atom is 0.315 e. The molecule has 1 aliphatic rings. The Morgan fingerprint density at radius 3 is 2.83 bits per heavy atom. The summed E-state index contributed by atoms with van der Waals surface area (Å²) >= 11 is 0. The third-order valence-electron chi connectivity index (χ3n) is 4.32. The molecule has 6 nitrogen and oxygen atoms in total. The van der Waals surface area contributed by atoms with E-state index in [0.717, 1.165) is 18.8 Å². The highest BCUT2D eigenvalue weighted by Crippen LogP contribution is 2.26. The number of hydrogen-bond acceptors (Lipinski definition) is 3. The molecule has 3 N–H and O–H groups in total. The van der Waals surface area contributed by atoms with Crippen molar-refractivity contribution in [3.8, 4) is 0 Å². The Bertz CT molecular complexity index is 507. The van der Waals surface area contributed by atoms with Crippen LogP contribution in [0.2, 0.25) is 0 Å². The van der Waals surface area contributed by atoms with E-state index in [4.69, 9.17) is 0 Å². The number of urea groups is 1. The molecular formula is C17H26N4O2. The summed E-state index contributed by atoms with van der Waals surface area (Å²) < 4.78 is 0. The van der Waals surface area contributed by atoms with E-state index in [-0.39, 0.29) is 18.0 Å². The first kappa shape index (κ1) is 17.2. The van der Waals surface area contributed by atoms with Crippen LogP contribution < -0.4 is 16.0 Å². The van der Waals surface area contributed by atoms with Crippen molar-refractivity contribution < 1.29 is 9.59 Å². The fourth-order valence-electron chi connectivity index (χ4n) is 2.98. The number of pyridine rings is 1. The molecule has 0 unspecified atom stereocenters. The Hall–Kier alpha value is -2.11. The van der Waals surface area contributed by atoms with Gasteiger partial charge in [0.15, 0.2) is 0 Å². The smallest absolute Gasteiger partial charge is 0.315 e. The third kappa shape index (κ3) is 5.88. The average molecular weight is 318 g/mol. The zero-order valence-corrected chi connectivity index (χ0v) is 13.7. The highest BCUT2D eigenvalue weighted by atomic mass is 16.2. The fourth-order valence-corrected chi connectivity index (χ4v) is 2.98. The van der Waals surface area contributed by atoms with E-state index in [1.165, 1.54) is 25.5 Å². The highest BCUT2D eigenvalue weighted by Gasteiger charge is 2.21. The van der Waals surface area contributed by atoms with Crippen LogP contribution in [-0.4, -0.2) is 36.1 Å². The summed E-state index contributed by atoms with van der Waals surface area (Å²) in [6.45, 7) is 3.00. The quantitative estimate of drug-likeness (QED) is 0.702. The van der Waals surface area contributed by atoms with Crippen LogP contribution >= 0.6 is 0 Å². The van der Waals surface area contributed by atoms with E-state index in [1.54, 1.807) is 18.3 Å². The van der Waals surface area contributed by atoms with Crippen molar-refractivity contribution in [1.29, 1.82) is 0 Å². The van der Waals surface area contributed by atoms with Crippen molar-refractivity contribution in [3.63, 3.8) is 0 Å². The van der Waals surface area contributed by atoms with Crippen LogP contribution in [0.25, 0.3) is 0 Å². The van der Waals surface area contributed by atoms with E-state index in [2.05, 4.69) is 27.9 Å². The number of nitrogens with one attached hydrogen (secondary N) is 3. The molecule has 23 heavy (non-hydrogen) atoms. The SMILES string of the molecule is CC[C@@H]1CCC[C@H](NC(=O)NCCNC(=O)c2cccnc2)C1. The van der Waals surface area contributed by atoms with Gasteiger partial charge in [-0.2, -0.15) is 0 Å². The van der Waals surface area contributed by atoms with Gasteiger partial charge in [-0.1, -0.05) is 26.2 Å². The summed E-state index contributed by atoms with van der Waals surface area (Å²) in [7, 11) is 0. The lowest BCUT2D eigenvalue weighted by molar-refractivity contribution is 0.0953. The third-order valence-corrected chi connectivity index (χ3v) is 4.32. The molecule has 1 heterocycles. The van der Waals surface area contributed by atoms with E-state index < -0.39 is 0 Å². The van der Waals surface area contributed by atoms with Gasteiger partial charge in [0, 0.05) is 31.5 Å². The molecule has 0 radical (unpaired) electrons. The van der Waals surface area contributed by atoms with Crippen molar-refractivity contribution in [2.45, 2.75) is 45.1 Å². The lowest BCUT2D eigenvalue weighted by Gasteiger charge is -2.29. The molecule has 1 aliphatic carbocycles. The Balaban J connectivity index is 1.60. The van der Waals surface area contributed by atoms with Gasteiger partial charge in [-0.15, -0.1) is 0 Å². The molecule has 6 heteroatoms. The fraction of sp³-hybridized carbons (Fsp3) is 0.588. The van der Waals surface area contributed by atoms with Gasteiger partial charge in [0.25, 0.3) is 5.91 Å². The van der Waals surface area contributed by atoms with Crippen molar-refractivity contribution >= 4 is 11.9 Å². The predicted molar refractivity (Wildman–Crippen MR) is 89.1 cm³/mol. The maximum atomic E-state index is 11.9. The minimum absolute atomic E-state index is 0.151. The van der Waals surface area contributed by atoms with Crippen LogP contribution in [0.15, 0.2) is 24.5 Å². The molecule has 2 atom stereocenters. The summed E-state index contributed by atoms with van der Waals surface area (Å²) in [5, 5.41) is 8.57. The molecule has 3 amide bonds. The maximum absolute atomic E-state index is 11.9. The Morgan fingerprint density at radius 1 is 1.26 bits per heavy atom. The molecule has 1 aromatic rings. The highest BCUT2D eigenvalue weighted by molar-refractivity contribution is 5.93. The van der Waals surface area contributed by atoms with Crippen molar-refractivity contribution in [3.05, 3.63) is 30.1 Å². The summed E-state index contributed by atoms with van der Waals surface area (Å²) in [6, 6.07) is 3.55. The van der Waals surface area contributed by atoms with Crippen LogP contribution in [0.5, 0.6) is 0 Å². The first-order valence-corrected chi connectivity index (χ1v) is 8.41. The molecular weight excluding hydrogens is 292 g/mol.